The van der Waals surface area contributed by atoms with Crippen LogP contribution in [0.3, 0.4) is 0 Å². The van der Waals surface area contributed by atoms with Gasteiger partial charge < -0.3 is 20.1 Å². The smallest absolute Gasteiger partial charge is 0.407 e. The SMILES string of the molecule is CC1(C(=O)O)CCCCN1C(=O)CSCCNC(=O)OCC1c2ccccc2-c2ccccc21. The Kier molecular flexibility index (Phi) is 7.46. The molecule has 180 valence electrons. The van der Waals surface area contributed by atoms with Crippen molar-refractivity contribution in [3.8, 4) is 11.1 Å². The topological polar surface area (TPSA) is 95.9 Å². The maximum atomic E-state index is 12.6. The number of nitrogens with zero attached hydrogens (tertiary/aromatic N) is 1. The first-order valence-electron chi connectivity index (χ1n) is 11.6. The van der Waals surface area contributed by atoms with E-state index < -0.39 is 17.6 Å². The second-order valence-electron chi connectivity index (χ2n) is 8.89. The Hall–Kier alpha value is -3.00. The molecular formula is C26H30N2O5S. The summed E-state index contributed by atoms with van der Waals surface area (Å²) in [5.41, 5.74) is 3.56. The predicted molar refractivity (Wildman–Crippen MR) is 132 cm³/mol. The molecule has 1 aliphatic carbocycles. The summed E-state index contributed by atoms with van der Waals surface area (Å²) < 4.78 is 5.52. The van der Waals surface area contributed by atoms with E-state index in [2.05, 4.69) is 29.6 Å². The van der Waals surface area contributed by atoms with Crippen molar-refractivity contribution in [2.45, 2.75) is 37.6 Å². The van der Waals surface area contributed by atoms with Crippen molar-refractivity contribution in [2.75, 3.05) is 31.2 Å². The van der Waals surface area contributed by atoms with Gasteiger partial charge in [0, 0.05) is 24.8 Å². The van der Waals surface area contributed by atoms with Gasteiger partial charge in [-0.15, -0.1) is 0 Å². The number of carbonyl (C=O) groups excluding carboxylic acids is 2. The third-order valence-electron chi connectivity index (χ3n) is 6.74. The molecule has 2 amide bonds. The van der Waals surface area contributed by atoms with Crippen LogP contribution in [0.1, 0.15) is 43.2 Å². The van der Waals surface area contributed by atoms with Gasteiger partial charge in [-0.2, -0.15) is 11.8 Å². The van der Waals surface area contributed by atoms with E-state index in [9.17, 15) is 19.5 Å². The molecule has 1 atom stereocenters. The van der Waals surface area contributed by atoms with Crippen LogP contribution in [-0.2, 0) is 14.3 Å². The first-order valence-corrected chi connectivity index (χ1v) is 12.8. The number of amides is 2. The van der Waals surface area contributed by atoms with Crippen LogP contribution in [0, 0.1) is 0 Å². The van der Waals surface area contributed by atoms with E-state index in [1.54, 1.807) is 6.92 Å². The normalized spacial score (nSPS) is 19.3. The monoisotopic (exact) mass is 482 g/mol. The summed E-state index contributed by atoms with van der Waals surface area (Å²) in [6.07, 6.45) is 1.62. The number of hydrogen-bond donors (Lipinski definition) is 2. The Morgan fingerprint density at radius 1 is 1.09 bits per heavy atom. The molecule has 1 unspecified atom stereocenters. The average molecular weight is 483 g/mol. The van der Waals surface area contributed by atoms with Crippen LogP contribution < -0.4 is 5.32 Å². The molecule has 0 aromatic heterocycles. The number of thioether (sulfide) groups is 1. The van der Waals surface area contributed by atoms with Crippen molar-refractivity contribution in [3.63, 3.8) is 0 Å². The molecule has 2 aliphatic rings. The summed E-state index contributed by atoms with van der Waals surface area (Å²) in [5, 5.41) is 12.3. The van der Waals surface area contributed by atoms with Gasteiger partial charge in [0.25, 0.3) is 0 Å². The Labute approximate surface area is 203 Å². The Morgan fingerprint density at radius 3 is 2.38 bits per heavy atom. The molecule has 1 fully saturated rings. The van der Waals surface area contributed by atoms with E-state index in [0.29, 0.717) is 25.3 Å². The van der Waals surface area contributed by atoms with Crippen molar-refractivity contribution < 1.29 is 24.2 Å². The summed E-state index contributed by atoms with van der Waals surface area (Å²) in [7, 11) is 0. The minimum Gasteiger partial charge on any atom is -0.480 e. The molecular weight excluding hydrogens is 452 g/mol. The fraction of sp³-hybridized carbons (Fsp3) is 0.423. The number of alkyl carbamates (subject to hydrolysis) is 1. The molecule has 0 spiro atoms. The Morgan fingerprint density at radius 2 is 1.74 bits per heavy atom. The maximum Gasteiger partial charge on any atom is 0.407 e. The number of benzene rings is 2. The zero-order chi connectivity index (χ0) is 24.1. The molecule has 34 heavy (non-hydrogen) atoms. The van der Waals surface area contributed by atoms with Gasteiger partial charge in [-0.25, -0.2) is 9.59 Å². The fourth-order valence-corrected chi connectivity index (χ4v) is 5.58. The van der Waals surface area contributed by atoms with Crippen LogP contribution in [0.2, 0.25) is 0 Å². The van der Waals surface area contributed by atoms with Gasteiger partial charge in [-0.3, -0.25) is 4.79 Å². The highest BCUT2D eigenvalue weighted by Crippen LogP contribution is 2.44. The highest BCUT2D eigenvalue weighted by Gasteiger charge is 2.43. The standard InChI is InChI=1S/C26H30N2O5S/c1-26(24(30)31)12-6-7-14-28(26)23(29)17-34-15-13-27-25(32)33-16-22-20-10-4-2-8-18(20)19-9-3-5-11-21(19)22/h2-5,8-11,22H,6-7,12-17H2,1H3,(H,27,32)(H,30,31). The molecule has 2 N–H and O–H groups in total. The Bertz CT molecular complexity index is 1030. The summed E-state index contributed by atoms with van der Waals surface area (Å²) in [4.78, 5) is 38.0. The number of carboxylic acid groups (broad SMARTS) is 1. The lowest BCUT2D eigenvalue weighted by atomic mass is 9.88. The number of fused-ring (bicyclic) bond motifs is 3. The third-order valence-corrected chi connectivity index (χ3v) is 7.68. The van der Waals surface area contributed by atoms with Crippen LogP contribution in [0.25, 0.3) is 11.1 Å². The molecule has 2 aromatic carbocycles. The summed E-state index contributed by atoms with van der Waals surface area (Å²) >= 11 is 1.38. The molecule has 1 aliphatic heterocycles. The molecule has 4 rings (SSSR count). The van der Waals surface area contributed by atoms with Crippen molar-refractivity contribution in [1.82, 2.24) is 10.2 Å². The van der Waals surface area contributed by atoms with Gasteiger partial charge in [0.05, 0.1) is 5.75 Å². The van der Waals surface area contributed by atoms with Gasteiger partial charge in [0.2, 0.25) is 5.91 Å². The van der Waals surface area contributed by atoms with Crippen LogP contribution >= 0.6 is 11.8 Å². The number of likely N-dealkylation sites (tertiary alicyclic amines) is 1. The van der Waals surface area contributed by atoms with E-state index in [1.165, 1.54) is 27.8 Å². The number of aliphatic carboxylic acids is 1. The minimum absolute atomic E-state index is 0.0123. The van der Waals surface area contributed by atoms with E-state index in [-0.39, 0.29) is 24.2 Å². The van der Waals surface area contributed by atoms with Gasteiger partial charge in [0.1, 0.15) is 12.1 Å². The van der Waals surface area contributed by atoms with Crippen molar-refractivity contribution in [2.24, 2.45) is 0 Å². The van der Waals surface area contributed by atoms with Crippen molar-refractivity contribution >= 4 is 29.7 Å². The Balaban J connectivity index is 1.20. The lowest BCUT2D eigenvalue weighted by Gasteiger charge is -2.41. The molecule has 2 aromatic rings. The molecule has 0 saturated carbocycles. The van der Waals surface area contributed by atoms with Crippen LogP contribution in [-0.4, -0.2) is 64.7 Å². The first kappa shape index (κ1) is 24.1. The van der Waals surface area contributed by atoms with Crippen LogP contribution in [0.15, 0.2) is 48.5 Å². The number of carbonyl (C=O) groups is 3. The second kappa shape index (κ2) is 10.5. The molecule has 8 heteroatoms. The molecule has 0 bridgehead atoms. The predicted octanol–water partition coefficient (Wildman–Crippen LogP) is 4.11. The molecule has 1 saturated heterocycles. The number of ether oxygens (including phenoxy) is 1. The molecule has 7 nitrogen and oxygen atoms in total. The lowest BCUT2D eigenvalue weighted by Crippen LogP contribution is -2.58. The van der Waals surface area contributed by atoms with Gasteiger partial charge in [-0.1, -0.05) is 48.5 Å². The lowest BCUT2D eigenvalue weighted by molar-refractivity contribution is -0.159. The number of rotatable bonds is 8. The van der Waals surface area contributed by atoms with Crippen molar-refractivity contribution in [1.29, 1.82) is 0 Å². The summed E-state index contributed by atoms with van der Waals surface area (Å²) in [6, 6.07) is 16.4. The fourth-order valence-electron chi connectivity index (χ4n) is 4.86. The maximum absolute atomic E-state index is 12.6. The largest absolute Gasteiger partial charge is 0.480 e. The number of hydrogen-bond acceptors (Lipinski definition) is 5. The van der Waals surface area contributed by atoms with Crippen LogP contribution in [0.5, 0.6) is 0 Å². The first-order chi connectivity index (χ1) is 16.4. The number of nitrogens with one attached hydrogen (secondary N) is 1. The number of carboxylic acids is 1. The van der Waals surface area contributed by atoms with E-state index >= 15 is 0 Å². The zero-order valence-electron chi connectivity index (χ0n) is 19.3. The summed E-state index contributed by atoms with van der Waals surface area (Å²) in [5.74, 6) is -0.389. The van der Waals surface area contributed by atoms with E-state index in [1.807, 2.05) is 24.3 Å². The van der Waals surface area contributed by atoms with Gasteiger partial charge in [-0.05, 0) is 48.4 Å². The van der Waals surface area contributed by atoms with E-state index in [4.69, 9.17) is 4.74 Å². The number of piperidine rings is 1. The quantitative estimate of drug-likeness (QED) is 0.550. The second-order valence-corrected chi connectivity index (χ2v) is 9.99. The van der Waals surface area contributed by atoms with Gasteiger partial charge >= 0.3 is 12.1 Å². The van der Waals surface area contributed by atoms with Gasteiger partial charge in [0.15, 0.2) is 0 Å². The highest BCUT2D eigenvalue weighted by molar-refractivity contribution is 7.99. The molecule has 0 radical (unpaired) electrons. The average Bonchev–Trinajstić information content (AvgIpc) is 3.16. The van der Waals surface area contributed by atoms with Crippen molar-refractivity contribution in [3.05, 3.63) is 59.7 Å². The zero-order valence-corrected chi connectivity index (χ0v) is 20.1. The third kappa shape index (κ3) is 4.92. The minimum atomic E-state index is -1.13. The summed E-state index contributed by atoms with van der Waals surface area (Å²) in [6.45, 7) is 2.72. The highest BCUT2D eigenvalue weighted by atomic mass is 32.2. The van der Waals surface area contributed by atoms with Crippen LogP contribution in [0.4, 0.5) is 4.79 Å². The van der Waals surface area contributed by atoms with E-state index in [0.717, 1.165) is 24.0 Å². The molecule has 1 heterocycles.